The maximum Gasteiger partial charge on any atom is 0.244 e. The van der Waals surface area contributed by atoms with Crippen molar-refractivity contribution in [1.82, 2.24) is 20.0 Å². The normalized spacial score (nSPS) is 15.9. The van der Waals surface area contributed by atoms with Gasteiger partial charge in [-0.3, -0.25) is 4.90 Å². The van der Waals surface area contributed by atoms with Gasteiger partial charge in [0.2, 0.25) is 17.5 Å². The summed E-state index contributed by atoms with van der Waals surface area (Å²) in [6.07, 6.45) is 3.72. The summed E-state index contributed by atoms with van der Waals surface area (Å²) in [6.45, 7) is 2.83. The highest BCUT2D eigenvalue weighted by Gasteiger charge is 2.31. The molecule has 1 aromatic carbocycles. The molecule has 0 aliphatic carbocycles. The lowest BCUT2D eigenvalue weighted by Crippen LogP contribution is -2.23. The van der Waals surface area contributed by atoms with E-state index in [0.717, 1.165) is 30.5 Å². The standard InChI is InChI=1S/C24H31N5O5/c1-30-12-10-26-22-17(7-5-9-25-22)23-27-24(34-28-23)18-8-6-11-29(18)15-16-13-19(31-2)21(33-4)20(14-16)32-3/h5,7,9,13-14,18H,6,8,10-12,15H2,1-4H3,(H,25,26). The molecule has 0 spiro atoms. The van der Waals surface area contributed by atoms with E-state index in [2.05, 4.69) is 20.4 Å². The fraction of sp³-hybridized carbons (Fsp3) is 0.458. The molecule has 0 bridgehead atoms. The van der Waals surface area contributed by atoms with Gasteiger partial charge in [0.25, 0.3) is 0 Å². The van der Waals surface area contributed by atoms with E-state index in [1.165, 1.54) is 0 Å². The number of nitrogens with zero attached hydrogens (tertiary/aromatic N) is 4. The third-order valence-electron chi connectivity index (χ3n) is 5.85. The molecule has 1 aliphatic heterocycles. The highest BCUT2D eigenvalue weighted by Crippen LogP contribution is 2.40. The van der Waals surface area contributed by atoms with Crippen molar-refractivity contribution in [1.29, 1.82) is 0 Å². The summed E-state index contributed by atoms with van der Waals surface area (Å²) in [7, 11) is 6.51. The predicted octanol–water partition coefficient (Wildman–Crippen LogP) is 3.55. The van der Waals surface area contributed by atoms with Crippen LogP contribution in [0, 0.1) is 0 Å². The first-order valence-corrected chi connectivity index (χ1v) is 11.2. The topological polar surface area (TPSA) is 104 Å². The number of nitrogens with one attached hydrogen (secondary N) is 1. The minimum atomic E-state index is 0.0295. The zero-order valence-corrected chi connectivity index (χ0v) is 20.0. The second-order valence-electron chi connectivity index (χ2n) is 7.94. The number of anilines is 1. The van der Waals surface area contributed by atoms with Crippen molar-refractivity contribution in [2.24, 2.45) is 0 Å². The van der Waals surface area contributed by atoms with Crippen LogP contribution in [0.2, 0.25) is 0 Å². The van der Waals surface area contributed by atoms with Gasteiger partial charge < -0.3 is 28.8 Å². The summed E-state index contributed by atoms with van der Waals surface area (Å²) < 4.78 is 27.3. The van der Waals surface area contributed by atoms with Crippen molar-refractivity contribution >= 4 is 5.82 Å². The van der Waals surface area contributed by atoms with Crippen molar-refractivity contribution in [3.05, 3.63) is 41.9 Å². The van der Waals surface area contributed by atoms with E-state index in [1.807, 2.05) is 24.3 Å². The average Bonchev–Trinajstić information content (AvgIpc) is 3.53. The zero-order valence-electron chi connectivity index (χ0n) is 20.0. The summed E-state index contributed by atoms with van der Waals surface area (Å²) in [5, 5.41) is 7.52. The molecule has 0 saturated carbocycles. The Labute approximate surface area is 199 Å². The summed E-state index contributed by atoms with van der Waals surface area (Å²) in [5.41, 5.74) is 1.85. The number of hydrogen-bond donors (Lipinski definition) is 1. The van der Waals surface area contributed by atoms with Crippen molar-refractivity contribution in [3.8, 4) is 28.6 Å². The Morgan fingerprint density at radius 2 is 1.91 bits per heavy atom. The van der Waals surface area contributed by atoms with E-state index in [0.29, 0.717) is 54.5 Å². The van der Waals surface area contributed by atoms with Crippen LogP contribution >= 0.6 is 0 Å². The third-order valence-corrected chi connectivity index (χ3v) is 5.85. The van der Waals surface area contributed by atoms with Gasteiger partial charge in [-0.15, -0.1) is 0 Å². The lowest BCUT2D eigenvalue weighted by molar-refractivity contribution is 0.200. The van der Waals surface area contributed by atoms with E-state index in [-0.39, 0.29) is 6.04 Å². The van der Waals surface area contributed by atoms with Gasteiger partial charge in [0.05, 0.1) is 39.5 Å². The number of rotatable bonds is 11. The maximum atomic E-state index is 5.73. The van der Waals surface area contributed by atoms with Crippen LogP contribution in [0.4, 0.5) is 5.82 Å². The van der Waals surface area contributed by atoms with Crippen LogP contribution in [-0.4, -0.2) is 68.2 Å². The van der Waals surface area contributed by atoms with E-state index >= 15 is 0 Å². The van der Waals surface area contributed by atoms with Gasteiger partial charge in [-0.05, 0) is 49.2 Å². The Hall–Kier alpha value is -3.37. The van der Waals surface area contributed by atoms with E-state index < -0.39 is 0 Å². The molecule has 10 nitrogen and oxygen atoms in total. The van der Waals surface area contributed by atoms with Gasteiger partial charge in [0, 0.05) is 26.4 Å². The summed E-state index contributed by atoms with van der Waals surface area (Å²) >= 11 is 0. The molecule has 2 aromatic heterocycles. The molecular formula is C24H31N5O5. The van der Waals surface area contributed by atoms with Crippen molar-refractivity contribution in [2.75, 3.05) is 53.5 Å². The molecule has 1 N–H and O–H groups in total. The summed E-state index contributed by atoms with van der Waals surface area (Å²) in [5.74, 6) is 3.68. The molecule has 34 heavy (non-hydrogen) atoms. The second-order valence-corrected chi connectivity index (χ2v) is 7.94. The van der Waals surface area contributed by atoms with Gasteiger partial charge in [-0.25, -0.2) is 4.98 Å². The molecule has 1 unspecified atom stereocenters. The third kappa shape index (κ3) is 5.07. The van der Waals surface area contributed by atoms with Crippen molar-refractivity contribution in [2.45, 2.75) is 25.4 Å². The van der Waals surface area contributed by atoms with Gasteiger partial charge in [-0.1, -0.05) is 5.16 Å². The van der Waals surface area contributed by atoms with Gasteiger partial charge in [-0.2, -0.15) is 4.98 Å². The maximum absolute atomic E-state index is 5.73. The van der Waals surface area contributed by atoms with E-state index in [9.17, 15) is 0 Å². The van der Waals surface area contributed by atoms with Crippen LogP contribution in [0.15, 0.2) is 35.0 Å². The molecule has 1 aliphatic rings. The molecule has 182 valence electrons. The molecule has 1 atom stereocenters. The molecule has 1 saturated heterocycles. The van der Waals surface area contributed by atoms with Gasteiger partial charge in [0.1, 0.15) is 5.82 Å². The largest absolute Gasteiger partial charge is 0.493 e. The number of benzene rings is 1. The molecule has 0 amide bonds. The van der Waals surface area contributed by atoms with Crippen LogP contribution < -0.4 is 19.5 Å². The highest BCUT2D eigenvalue weighted by molar-refractivity contribution is 5.69. The fourth-order valence-corrected chi connectivity index (χ4v) is 4.23. The van der Waals surface area contributed by atoms with Gasteiger partial charge in [0.15, 0.2) is 11.5 Å². The quantitative estimate of drug-likeness (QED) is 0.419. The molecule has 3 heterocycles. The molecule has 0 radical (unpaired) electrons. The lowest BCUT2D eigenvalue weighted by atomic mass is 10.1. The Balaban J connectivity index is 1.54. The molecule has 1 fully saturated rings. The van der Waals surface area contributed by atoms with E-state index in [1.54, 1.807) is 34.6 Å². The first-order valence-electron chi connectivity index (χ1n) is 11.2. The average molecular weight is 470 g/mol. The van der Waals surface area contributed by atoms with E-state index in [4.69, 9.17) is 28.5 Å². The highest BCUT2D eigenvalue weighted by atomic mass is 16.5. The number of ether oxygens (including phenoxy) is 4. The van der Waals surface area contributed by atoms with Crippen LogP contribution in [-0.2, 0) is 11.3 Å². The van der Waals surface area contributed by atoms with Crippen LogP contribution in [0.1, 0.15) is 30.3 Å². The number of hydrogen-bond acceptors (Lipinski definition) is 10. The molecule has 3 aromatic rings. The van der Waals surface area contributed by atoms with Crippen LogP contribution in [0.3, 0.4) is 0 Å². The van der Waals surface area contributed by atoms with Crippen LogP contribution in [0.25, 0.3) is 11.4 Å². The number of pyridine rings is 1. The van der Waals surface area contributed by atoms with Crippen LogP contribution in [0.5, 0.6) is 17.2 Å². The Morgan fingerprint density at radius 3 is 2.62 bits per heavy atom. The first-order chi connectivity index (χ1) is 16.7. The number of likely N-dealkylation sites (tertiary alicyclic amines) is 1. The smallest absolute Gasteiger partial charge is 0.244 e. The minimum absolute atomic E-state index is 0.0295. The Kier molecular flexibility index (Phi) is 7.81. The Morgan fingerprint density at radius 1 is 1.12 bits per heavy atom. The molecule has 4 rings (SSSR count). The summed E-state index contributed by atoms with van der Waals surface area (Å²) in [4.78, 5) is 11.5. The predicted molar refractivity (Wildman–Crippen MR) is 126 cm³/mol. The molecule has 10 heteroatoms. The van der Waals surface area contributed by atoms with Crippen molar-refractivity contribution < 1.29 is 23.5 Å². The molecular weight excluding hydrogens is 438 g/mol. The van der Waals surface area contributed by atoms with Crippen molar-refractivity contribution in [3.63, 3.8) is 0 Å². The Bertz CT molecular complexity index is 1060. The zero-order chi connectivity index (χ0) is 23.9. The number of methoxy groups -OCH3 is 4. The number of aromatic nitrogens is 3. The monoisotopic (exact) mass is 469 g/mol. The summed E-state index contributed by atoms with van der Waals surface area (Å²) in [6, 6.07) is 7.77. The first kappa shape index (κ1) is 23.8. The fourth-order valence-electron chi connectivity index (χ4n) is 4.23. The SMILES string of the molecule is COCCNc1ncccc1-c1noc(C2CCCN2Cc2cc(OC)c(OC)c(OC)c2)n1. The minimum Gasteiger partial charge on any atom is -0.493 e. The second kappa shape index (κ2) is 11.2. The lowest BCUT2D eigenvalue weighted by Gasteiger charge is -2.22. The van der Waals surface area contributed by atoms with Gasteiger partial charge >= 0.3 is 0 Å².